The fourth-order valence-electron chi connectivity index (χ4n) is 4.25. The van der Waals surface area contributed by atoms with E-state index >= 15 is 0 Å². The Balaban J connectivity index is 1.46. The van der Waals surface area contributed by atoms with Gasteiger partial charge in [-0.25, -0.2) is 9.97 Å². The molecule has 32 heavy (non-hydrogen) atoms. The summed E-state index contributed by atoms with van der Waals surface area (Å²) in [5, 5.41) is 1.86. The summed E-state index contributed by atoms with van der Waals surface area (Å²) < 4.78 is 5.29. The SMILES string of the molecule is COc1ccc(-c2nc(N3CCN(c4cc(Cl)ccc4C)CC3)c3ccccc3n2)cc1. The summed E-state index contributed by atoms with van der Waals surface area (Å²) >= 11 is 6.26. The molecule has 1 aliphatic rings. The van der Waals surface area contributed by atoms with Gasteiger partial charge in [0.2, 0.25) is 0 Å². The van der Waals surface area contributed by atoms with Gasteiger partial charge in [0, 0.05) is 47.8 Å². The van der Waals surface area contributed by atoms with Crippen LogP contribution in [0.25, 0.3) is 22.3 Å². The summed E-state index contributed by atoms with van der Waals surface area (Å²) in [7, 11) is 1.67. The molecule has 5 rings (SSSR count). The van der Waals surface area contributed by atoms with Gasteiger partial charge in [0.05, 0.1) is 12.6 Å². The van der Waals surface area contributed by atoms with Gasteiger partial charge in [-0.2, -0.15) is 0 Å². The smallest absolute Gasteiger partial charge is 0.162 e. The van der Waals surface area contributed by atoms with Crippen molar-refractivity contribution in [2.45, 2.75) is 6.92 Å². The van der Waals surface area contributed by atoms with Gasteiger partial charge in [-0.15, -0.1) is 0 Å². The Morgan fingerprint density at radius 1 is 0.844 bits per heavy atom. The van der Waals surface area contributed by atoms with E-state index in [1.54, 1.807) is 7.11 Å². The third kappa shape index (κ3) is 3.96. The van der Waals surface area contributed by atoms with E-state index in [4.69, 9.17) is 26.3 Å². The maximum absolute atomic E-state index is 6.26. The number of benzene rings is 3. The lowest BCUT2D eigenvalue weighted by Gasteiger charge is -2.38. The van der Waals surface area contributed by atoms with Crippen LogP contribution in [-0.4, -0.2) is 43.3 Å². The zero-order chi connectivity index (χ0) is 22.1. The van der Waals surface area contributed by atoms with Crippen molar-refractivity contribution in [2.75, 3.05) is 43.1 Å². The quantitative estimate of drug-likeness (QED) is 0.410. The van der Waals surface area contributed by atoms with E-state index in [1.165, 1.54) is 11.3 Å². The van der Waals surface area contributed by atoms with E-state index in [9.17, 15) is 0 Å². The molecule has 5 nitrogen and oxygen atoms in total. The maximum atomic E-state index is 6.26. The predicted octanol–water partition coefficient (Wildman–Crippen LogP) is 5.59. The Kier molecular flexibility index (Phi) is 5.58. The van der Waals surface area contributed by atoms with Crippen molar-refractivity contribution in [1.29, 1.82) is 0 Å². The number of aryl methyl sites for hydroxylation is 1. The van der Waals surface area contributed by atoms with Gasteiger partial charge in [-0.1, -0.05) is 29.8 Å². The van der Waals surface area contributed by atoms with Gasteiger partial charge in [0.25, 0.3) is 0 Å². The molecule has 0 amide bonds. The number of hydrogen-bond acceptors (Lipinski definition) is 5. The van der Waals surface area contributed by atoms with Gasteiger partial charge in [0.1, 0.15) is 11.6 Å². The van der Waals surface area contributed by atoms with Crippen LogP contribution in [0.5, 0.6) is 5.75 Å². The van der Waals surface area contributed by atoms with Crippen LogP contribution in [0.3, 0.4) is 0 Å². The van der Waals surface area contributed by atoms with E-state index in [0.717, 1.165) is 65.1 Å². The number of fused-ring (bicyclic) bond motifs is 1. The molecule has 6 heteroatoms. The highest BCUT2D eigenvalue weighted by atomic mass is 35.5. The van der Waals surface area contributed by atoms with Crippen molar-refractivity contribution in [2.24, 2.45) is 0 Å². The number of anilines is 2. The second-order valence-electron chi connectivity index (χ2n) is 8.02. The Hall–Kier alpha value is -3.31. The van der Waals surface area contributed by atoms with Gasteiger partial charge in [-0.3, -0.25) is 0 Å². The first-order valence-electron chi connectivity index (χ1n) is 10.8. The van der Waals surface area contributed by atoms with E-state index in [1.807, 2.05) is 42.5 Å². The third-order valence-corrected chi connectivity index (χ3v) is 6.26. The highest BCUT2D eigenvalue weighted by molar-refractivity contribution is 6.30. The van der Waals surface area contributed by atoms with Crippen LogP contribution in [0.2, 0.25) is 5.02 Å². The molecule has 4 aromatic rings. The molecule has 0 spiro atoms. The Labute approximate surface area is 193 Å². The molecule has 2 heterocycles. The summed E-state index contributed by atoms with van der Waals surface area (Å²) in [5.74, 6) is 2.54. The summed E-state index contributed by atoms with van der Waals surface area (Å²) in [4.78, 5) is 14.6. The molecule has 0 bridgehead atoms. The molecule has 0 unspecified atom stereocenters. The summed E-state index contributed by atoms with van der Waals surface area (Å²) in [5.41, 5.74) is 4.39. The van der Waals surface area contributed by atoms with Crippen molar-refractivity contribution >= 4 is 34.0 Å². The Bertz CT molecular complexity index is 1250. The number of methoxy groups -OCH3 is 1. The fraction of sp³-hybridized carbons (Fsp3) is 0.231. The van der Waals surface area contributed by atoms with E-state index in [0.29, 0.717) is 0 Å². The average molecular weight is 445 g/mol. The van der Waals surface area contributed by atoms with Crippen LogP contribution in [-0.2, 0) is 0 Å². The number of ether oxygens (including phenoxy) is 1. The highest BCUT2D eigenvalue weighted by Crippen LogP contribution is 2.31. The number of para-hydroxylation sites is 1. The number of halogens is 1. The molecule has 3 aromatic carbocycles. The molecule has 1 aliphatic heterocycles. The lowest BCUT2D eigenvalue weighted by molar-refractivity contribution is 0.415. The minimum atomic E-state index is 0.731. The molecule has 1 fully saturated rings. The van der Waals surface area contributed by atoms with E-state index in [-0.39, 0.29) is 0 Å². The first kappa shape index (κ1) is 20.6. The molecule has 1 saturated heterocycles. The number of nitrogens with zero attached hydrogens (tertiary/aromatic N) is 4. The van der Waals surface area contributed by atoms with Crippen LogP contribution < -0.4 is 14.5 Å². The van der Waals surface area contributed by atoms with Crippen molar-refractivity contribution in [3.05, 3.63) is 77.3 Å². The maximum Gasteiger partial charge on any atom is 0.162 e. The van der Waals surface area contributed by atoms with Gasteiger partial charge in [-0.05, 0) is 61.0 Å². The first-order valence-corrected chi connectivity index (χ1v) is 11.2. The van der Waals surface area contributed by atoms with Crippen molar-refractivity contribution in [1.82, 2.24) is 9.97 Å². The second kappa shape index (κ2) is 8.67. The Morgan fingerprint density at radius 2 is 1.56 bits per heavy atom. The predicted molar refractivity (Wildman–Crippen MR) is 132 cm³/mol. The highest BCUT2D eigenvalue weighted by Gasteiger charge is 2.22. The minimum absolute atomic E-state index is 0.731. The molecule has 0 radical (unpaired) electrons. The van der Waals surface area contributed by atoms with Crippen molar-refractivity contribution < 1.29 is 4.74 Å². The number of aromatic nitrogens is 2. The lowest BCUT2D eigenvalue weighted by Crippen LogP contribution is -2.47. The molecular formula is C26H25ClN4O. The molecule has 0 saturated carbocycles. The monoisotopic (exact) mass is 444 g/mol. The standard InChI is InChI=1S/C26H25ClN4O/c1-18-7-10-20(27)17-24(18)30-13-15-31(16-14-30)26-22-5-3-4-6-23(22)28-25(29-26)19-8-11-21(32-2)12-9-19/h3-12,17H,13-16H2,1-2H3. The summed E-state index contributed by atoms with van der Waals surface area (Å²) in [6.45, 7) is 5.73. The number of hydrogen-bond donors (Lipinski definition) is 0. The molecule has 1 aromatic heterocycles. The topological polar surface area (TPSA) is 41.5 Å². The largest absolute Gasteiger partial charge is 0.497 e. The molecule has 0 aliphatic carbocycles. The summed E-state index contributed by atoms with van der Waals surface area (Å²) in [6.07, 6.45) is 0. The number of rotatable bonds is 4. The zero-order valence-electron chi connectivity index (χ0n) is 18.3. The van der Waals surface area contributed by atoms with Gasteiger partial charge < -0.3 is 14.5 Å². The average Bonchev–Trinajstić information content (AvgIpc) is 2.85. The normalized spacial score (nSPS) is 14.1. The van der Waals surface area contributed by atoms with Crippen molar-refractivity contribution in [3.8, 4) is 17.1 Å². The second-order valence-corrected chi connectivity index (χ2v) is 8.46. The van der Waals surface area contributed by atoms with Gasteiger partial charge in [0.15, 0.2) is 5.82 Å². The van der Waals surface area contributed by atoms with E-state index in [2.05, 4.69) is 41.0 Å². The molecular weight excluding hydrogens is 420 g/mol. The van der Waals surface area contributed by atoms with Crippen LogP contribution in [0.15, 0.2) is 66.7 Å². The fourth-order valence-corrected chi connectivity index (χ4v) is 4.42. The van der Waals surface area contributed by atoms with Gasteiger partial charge >= 0.3 is 0 Å². The third-order valence-electron chi connectivity index (χ3n) is 6.02. The summed E-state index contributed by atoms with van der Waals surface area (Å²) in [6, 6.07) is 22.2. The molecule has 0 N–H and O–H groups in total. The molecule has 162 valence electrons. The van der Waals surface area contributed by atoms with Crippen LogP contribution in [0.4, 0.5) is 11.5 Å². The van der Waals surface area contributed by atoms with E-state index < -0.39 is 0 Å². The van der Waals surface area contributed by atoms with Crippen LogP contribution in [0.1, 0.15) is 5.56 Å². The lowest BCUT2D eigenvalue weighted by atomic mass is 10.1. The van der Waals surface area contributed by atoms with Crippen molar-refractivity contribution in [3.63, 3.8) is 0 Å². The first-order chi connectivity index (χ1) is 15.6. The number of piperazine rings is 1. The Morgan fingerprint density at radius 3 is 2.31 bits per heavy atom. The van der Waals surface area contributed by atoms with Crippen LogP contribution in [0, 0.1) is 6.92 Å². The van der Waals surface area contributed by atoms with Crippen LogP contribution >= 0.6 is 11.6 Å². The zero-order valence-corrected chi connectivity index (χ0v) is 19.0. The minimum Gasteiger partial charge on any atom is -0.497 e. The molecule has 0 atom stereocenters.